The number of allylic oxidation sites excluding steroid dienone is 2. The third-order valence-electron chi connectivity index (χ3n) is 4.57. The van der Waals surface area contributed by atoms with E-state index in [1.165, 1.54) is 0 Å². The molecule has 0 heterocycles. The first-order valence-electron chi connectivity index (χ1n) is 8.73. The largest absolute Gasteiger partial charge is 0.456 e. The Morgan fingerprint density at radius 1 is 1.20 bits per heavy atom. The van der Waals surface area contributed by atoms with Gasteiger partial charge in [-0.1, -0.05) is 54.6 Å². The number of rotatable bonds is 6. The fourth-order valence-corrected chi connectivity index (χ4v) is 3.27. The molecule has 1 amide bonds. The molecule has 3 rings (SSSR count). The van der Waals surface area contributed by atoms with E-state index in [2.05, 4.69) is 11.4 Å². The highest BCUT2D eigenvalue weighted by atomic mass is 16.5. The molecule has 1 aliphatic carbocycles. The summed E-state index contributed by atoms with van der Waals surface area (Å²) in [7, 11) is 0. The van der Waals surface area contributed by atoms with E-state index in [0.717, 1.165) is 29.2 Å². The second kappa shape index (κ2) is 7.97. The lowest BCUT2D eigenvalue weighted by Crippen LogP contribution is -2.31. The summed E-state index contributed by atoms with van der Waals surface area (Å²) in [6.07, 6.45) is 6.48. The minimum Gasteiger partial charge on any atom is -0.456 e. The van der Waals surface area contributed by atoms with Crippen molar-refractivity contribution in [3.05, 3.63) is 60.2 Å². The molecule has 2 aromatic rings. The molecule has 25 heavy (non-hydrogen) atoms. The highest BCUT2D eigenvalue weighted by Crippen LogP contribution is 2.24. The molecule has 0 aromatic heterocycles. The van der Waals surface area contributed by atoms with E-state index in [1.807, 2.05) is 55.5 Å². The minimum atomic E-state index is -0.315. The molecule has 0 radical (unpaired) electrons. The molecule has 0 saturated heterocycles. The van der Waals surface area contributed by atoms with Crippen molar-refractivity contribution in [2.75, 3.05) is 6.61 Å². The maximum absolute atomic E-state index is 12.1. The molecule has 0 unspecified atom stereocenters. The van der Waals surface area contributed by atoms with Crippen LogP contribution in [0.1, 0.15) is 37.8 Å². The van der Waals surface area contributed by atoms with E-state index in [4.69, 9.17) is 4.74 Å². The van der Waals surface area contributed by atoms with Crippen LogP contribution in [-0.2, 0) is 14.3 Å². The predicted octanol–water partition coefficient (Wildman–Crippen LogP) is 3.92. The van der Waals surface area contributed by atoms with Gasteiger partial charge in [-0.05, 0) is 42.0 Å². The number of hydrogen-bond donors (Lipinski definition) is 1. The van der Waals surface area contributed by atoms with Crippen molar-refractivity contribution in [1.29, 1.82) is 0 Å². The number of ether oxygens (including phenoxy) is 1. The zero-order valence-corrected chi connectivity index (χ0v) is 14.4. The summed E-state index contributed by atoms with van der Waals surface area (Å²) in [5, 5.41) is 5.16. The Morgan fingerprint density at radius 2 is 2.00 bits per heavy atom. The smallest absolute Gasteiger partial charge is 0.306 e. The van der Waals surface area contributed by atoms with Crippen molar-refractivity contribution in [2.24, 2.45) is 5.92 Å². The van der Waals surface area contributed by atoms with Crippen LogP contribution in [0.25, 0.3) is 10.8 Å². The topological polar surface area (TPSA) is 55.4 Å². The number of fused-ring (bicyclic) bond motifs is 1. The molecule has 0 fully saturated rings. The van der Waals surface area contributed by atoms with Gasteiger partial charge in [0.2, 0.25) is 0 Å². The number of hydrogen-bond acceptors (Lipinski definition) is 3. The summed E-state index contributed by atoms with van der Waals surface area (Å²) in [5.74, 6) is -0.342. The van der Waals surface area contributed by atoms with Crippen molar-refractivity contribution in [3.8, 4) is 0 Å². The van der Waals surface area contributed by atoms with Crippen LogP contribution in [0.4, 0.5) is 0 Å². The summed E-state index contributed by atoms with van der Waals surface area (Å²) in [6.45, 7) is 1.70. The number of benzene rings is 2. The summed E-state index contributed by atoms with van der Waals surface area (Å²) < 4.78 is 5.11. The van der Waals surface area contributed by atoms with E-state index in [-0.39, 0.29) is 30.4 Å². The third kappa shape index (κ3) is 4.47. The first-order chi connectivity index (χ1) is 12.1. The van der Waals surface area contributed by atoms with E-state index in [1.54, 1.807) is 0 Å². The van der Waals surface area contributed by atoms with Gasteiger partial charge in [-0.15, -0.1) is 0 Å². The monoisotopic (exact) mass is 337 g/mol. The van der Waals surface area contributed by atoms with Crippen molar-refractivity contribution >= 4 is 22.6 Å². The average Bonchev–Trinajstić information content (AvgIpc) is 3.12. The van der Waals surface area contributed by atoms with Crippen molar-refractivity contribution in [2.45, 2.75) is 32.2 Å². The fraction of sp³-hybridized carbons (Fsp3) is 0.333. The van der Waals surface area contributed by atoms with Crippen LogP contribution in [0.3, 0.4) is 0 Å². The fourth-order valence-electron chi connectivity index (χ4n) is 3.27. The van der Waals surface area contributed by atoms with E-state index in [9.17, 15) is 9.59 Å². The number of esters is 1. The third-order valence-corrected chi connectivity index (χ3v) is 4.57. The molecule has 0 saturated carbocycles. The first-order valence-corrected chi connectivity index (χ1v) is 8.73. The van der Waals surface area contributed by atoms with Crippen molar-refractivity contribution in [1.82, 2.24) is 5.32 Å². The number of nitrogens with one attached hydrogen (secondary N) is 1. The Labute approximate surface area is 147 Å². The van der Waals surface area contributed by atoms with Crippen LogP contribution in [0.15, 0.2) is 54.6 Å². The second-order valence-corrected chi connectivity index (χ2v) is 6.49. The van der Waals surface area contributed by atoms with E-state index in [0.29, 0.717) is 6.42 Å². The lowest BCUT2D eigenvalue weighted by Gasteiger charge is -2.17. The Balaban J connectivity index is 1.53. The molecule has 1 aliphatic rings. The van der Waals surface area contributed by atoms with Crippen LogP contribution < -0.4 is 5.32 Å². The van der Waals surface area contributed by atoms with Crippen LogP contribution in [-0.4, -0.2) is 18.5 Å². The van der Waals surface area contributed by atoms with Gasteiger partial charge in [-0.25, -0.2) is 0 Å². The molecule has 2 aromatic carbocycles. The lowest BCUT2D eigenvalue weighted by molar-refractivity contribution is -0.149. The average molecular weight is 337 g/mol. The summed E-state index contributed by atoms with van der Waals surface area (Å²) >= 11 is 0. The van der Waals surface area contributed by atoms with Gasteiger partial charge >= 0.3 is 5.97 Å². The molecule has 2 atom stereocenters. The lowest BCUT2D eigenvalue weighted by atomic mass is 10.00. The Morgan fingerprint density at radius 3 is 2.80 bits per heavy atom. The maximum atomic E-state index is 12.1. The number of carbonyl (C=O) groups is 2. The van der Waals surface area contributed by atoms with Gasteiger partial charge in [-0.2, -0.15) is 0 Å². The van der Waals surface area contributed by atoms with Gasteiger partial charge in [-0.3, -0.25) is 9.59 Å². The van der Waals surface area contributed by atoms with Gasteiger partial charge in [0.25, 0.3) is 5.91 Å². The van der Waals surface area contributed by atoms with Gasteiger partial charge in [0.15, 0.2) is 6.61 Å². The van der Waals surface area contributed by atoms with E-state index >= 15 is 0 Å². The quantitative estimate of drug-likeness (QED) is 0.642. The summed E-state index contributed by atoms with van der Waals surface area (Å²) in [4.78, 5) is 23.9. The van der Waals surface area contributed by atoms with Gasteiger partial charge < -0.3 is 10.1 Å². The molecule has 0 spiro atoms. The highest BCUT2D eigenvalue weighted by molar-refractivity contribution is 5.87. The maximum Gasteiger partial charge on any atom is 0.306 e. The van der Waals surface area contributed by atoms with Gasteiger partial charge in [0.1, 0.15) is 0 Å². The Hall–Kier alpha value is -2.62. The predicted molar refractivity (Wildman–Crippen MR) is 97.9 cm³/mol. The van der Waals surface area contributed by atoms with Crippen LogP contribution in [0.5, 0.6) is 0 Å². The summed E-state index contributed by atoms with van der Waals surface area (Å²) in [6, 6.07) is 14.0. The molecule has 4 nitrogen and oxygen atoms in total. The molecule has 4 heteroatoms. The first kappa shape index (κ1) is 17.2. The second-order valence-electron chi connectivity index (χ2n) is 6.49. The SMILES string of the molecule is C[C@H](NC(=O)COC(=O)C[C@@H]1C=CCC1)c1cccc2ccccc12. The Bertz CT molecular complexity index is 791. The normalized spacial score (nSPS) is 17.4. The molecular formula is C21H23NO3. The summed E-state index contributed by atoms with van der Waals surface area (Å²) in [5.41, 5.74) is 1.05. The van der Waals surface area contributed by atoms with Crippen molar-refractivity contribution < 1.29 is 14.3 Å². The zero-order chi connectivity index (χ0) is 17.6. The zero-order valence-electron chi connectivity index (χ0n) is 14.4. The number of carbonyl (C=O) groups excluding carboxylic acids is 2. The molecule has 0 bridgehead atoms. The highest BCUT2D eigenvalue weighted by Gasteiger charge is 2.17. The van der Waals surface area contributed by atoms with E-state index < -0.39 is 0 Å². The van der Waals surface area contributed by atoms with Crippen LogP contribution in [0.2, 0.25) is 0 Å². The minimum absolute atomic E-state index is 0.157. The molecule has 130 valence electrons. The number of amides is 1. The standard InChI is InChI=1S/C21H23NO3/c1-15(18-12-6-10-17-9-4-5-11-19(17)18)22-20(23)14-25-21(24)13-16-7-2-3-8-16/h2,4-7,9-12,15-16H,3,8,13-14H2,1H3,(H,22,23)/t15-,16+/m0/s1. The van der Waals surface area contributed by atoms with Crippen LogP contribution in [0, 0.1) is 5.92 Å². The van der Waals surface area contributed by atoms with Gasteiger partial charge in [0.05, 0.1) is 12.5 Å². The van der Waals surface area contributed by atoms with Crippen molar-refractivity contribution in [3.63, 3.8) is 0 Å². The van der Waals surface area contributed by atoms with Gasteiger partial charge in [0, 0.05) is 0 Å². The molecular weight excluding hydrogens is 314 g/mol. The Kier molecular flexibility index (Phi) is 5.49. The molecule has 0 aliphatic heterocycles. The van der Waals surface area contributed by atoms with Crippen LogP contribution >= 0.6 is 0 Å². The molecule has 1 N–H and O–H groups in total.